The van der Waals surface area contributed by atoms with Crippen LogP contribution in [0.5, 0.6) is 0 Å². The van der Waals surface area contributed by atoms with Crippen LogP contribution in [0.2, 0.25) is 0 Å². The van der Waals surface area contributed by atoms with Gasteiger partial charge in [0.15, 0.2) is 0 Å². The summed E-state index contributed by atoms with van der Waals surface area (Å²) >= 11 is 0. The third kappa shape index (κ3) is 11.7. The molecule has 0 aromatic heterocycles. The summed E-state index contributed by atoms with van der Waals surface area (Å²) in [6.45, 7) is 5.71. The molecule has 8 nitrogen and oxygen atoms in total. The lowest BCUT2D eigenvalue weighted by Gasteiger charge is -2.19. The average Bonchev–Trinajstić information content (AvgIpc) is 3.33. The van der Waals surface area contributed by atoms with Crippen LogP contribution in [0.25, 0.3) is 11.1 Å². The van der Waals surface area contributed by atoms with E-state index < -0.39 is 0 Å². The number of amides is 1. The summed E-state index contributed by atoms with van der Waals surface area (Å²) in [4.78, 5) is 25.8. The van der Waals surface area contributed by atoms with Crippen molar-refractivity contribution in [1.29, 1.82) is 0 Å². The van der Waals surface area contributed by atoms with Crippen molar-refractivity contribution in [2.75, 3.05) is 66.4 Å². The summed E-state index contributed by atoms with van der Waals surface area (Å²) in [6.07, 6.45) is 8.40. The molecule has 42 heavy (non-hydrogen) atoms. The Hall–Kier alpha value is -2.94. The minimum absolute atomic E-state index is 0.0434. The Kier molecular flexibility index (Phi) is 16.0. The molecule has 8 heteroatoms. The highest BCUT2D eigenvalue weighted by atomic mass is 16.6. The quantitative estimate of drug-likeness (QED) is 0.114. The Morgan fingerprint density at radius 3 is 1.81 bits per heavy atom. The fraction of sp³-hybridized carbons (Fsp3) is 0.588. The van der Waals surface area contributed by atoms with Gasteiger partial charge in [0.05, 0.1) is 39.6 Å². The summed E-state index contributed by atoms with van der Waals surface area (Å²) in [5.74, 6) is -0.105. The highest BCUT2D eigenvalue weighted by Gasteiger charge is 2.29. The third-order valence-corrected chi connectivity index (χ3v) is 7.44. The predicted molar refractivity (Wildman–Crippen MR) is 164 cm³/mol. The van der Waals surface area contributed by atoms with E-state index in [1.807, 2.05) is 24.3 Å². The number of unbranched alkanes of at least 4 members (excludes halogenated alkanes) is 6. The van der Waals surface area contributed by atoms with Gasteiger partial charge in [0.1, 0.15) is 13.2 Å². The standard InChI is InChI=1S/C34H49NO7/c1-3-4-5-6-7-8-9-18-33(36)41-26-25-40-24-23-39-22-21-38-20-19-35(2)34(37)42-27-32-30-16-12-10-14-28(30)29-15-11-13-17-31(29)32/h10-17,32H,3-9,18-27H2,1-2H3. The van der Waals surface area contributed by atoms with Gasteiger partial charge in [0.25, 0.3) is 0 Å². The first-order chi connectivity index (χ1) is 20.6. The fourth-order valence-corrected chi connectivity index (χ4v) is 5.05. The van der Waals surface area contributed by atoms with Gasteiger partial charge in [-0.15, -0.1) is 0 Å². The lowest BCUT2D eigenvalue weighted by molar-refractivity contribution is -0.145. The molecule has 1 aliphatic rings. The molecule has 0 aliphatic heterocycles. The predicted octanol–water partition coefficient (Wildman–Crippen LogP) is 6.60. The molecule has 0 heterocycles. The van der Waals surface area contributed by atoms with Crippen LogP contribution in [0.3, 0.4) is 0 Å². The molecule has 0 bridgehead atoms. The van der Waals surface area contributed by atoms with E-state index in [9.17, 15) is 9.59 Å². The van der Waals surface area contributed by atoms with Gasteiger partial charge < -0.3 is 28.6 Å². The highest BCUT2D eigenvalue weighted by molar-refractivity contribution is 5.79. The van der Waals surface area contributed by atoms with Crippen LogP contribution < -0.4 is 0 Å². The van der Waals surface area contributed by atoms with Crippen LogP contribution in [-0.4, -0.2) is 83.4 Å². The first kappa shape index (κ1) is 33.6. The minimum Gasteiger partial charge on any atom is -0.463 e. The number of rotatable bonds is 22. The maximum absolute atomic E-state index is 12.6. The van der Waals surface area contributed by atoms with Crippen LogP contribution >= 0.6 is 0 Å². The van der Waals surface area contributed by atoms with E-state index in [1.54, 1.807) is 7.05 Å². The van der Waals surface area contributed by atoms with E-state index in [0.717, 1.165) is 12.8 Å². The Morgan fingerprint density at radius 1 is 0.667 bits per heavy atom. The Balaban J connectivity index is 1.12. The third-order valence-electron chi connectivity index (χ3n) is 7.44. The molecule has 232 valence electrons. The zero-order valence-corrected chi connectivity index (χ0v) is 25.5. The molecule has 0 spiro atoms. The Morgan fingerprint density at radius 2 is 1.19 bits per heavy atom. The van der Waals surface area contributed by atoms with Gasteiger partial charge >= 0.3 is 12.1 Å². The first-order valence-electron chi connectivity index (χ1n) is 15.6. The zero-order valence-electron chi connectivity index (χ0n) is 25.5. The number of hydrogen-bond acceptors (Lipinski definition) is 7. The lowest BCUT2D eigenvalue weighted by atomic mass is 9.98. The van der Waals surface area contributed by atoms with Crippen molar-refractivity contribution in [2.45, 2.75) is 64.2 Å². The molecule has 0 N–H and O–H groups in total. The van der Waals surface area contributed by atoms with Crippen molar-refractivity contribution in [2.24, 2.45) is 0 Å². The van der Waals surface area contributed by atoms with Crippen LogP contribution in [0, 0.1) is 0 Å². The SMILES string of the molecule is CCCCCCCCCC(=O)OCCOCCOCCOCCN(C)C(=O)OCC1c2ccccc2-c2ccccc21. The number of esters is 1. The van der Waals surface area contributed by atoms with Crippen molar-refractivity contribution in [1.82, 2.24) is 4.90 Å². The number of carbonyl (C=O) groups excluding carboxylic acids is 2. The Bertz CT molecular complexity index is 1010. The summed E-state index contributed by atoms with van der Waals surface area (Å²) < 4.78 is 27.4. The second-order valence-corrected chi connectivity index (χ2v) is 10.7. The molecular formula is C34H49NO7. The molecule has 0 saturated heterocycles. The van der Waals surface area contributed by atoms with Gasteiger partial charge in [0, 0.05) is 25.9 Å². The number of ether oxygens (including phenoxy) is 5. The number of likely N-dealkylation sites (N-methyl/N-ethyl adjacent to an activating group) is 1. The van der Waals surface area contributed by atoms with Crippen molar-refractivity contribution in [3.05, 3.63) is 59.7 Å². The summed E-state index contributed by atoms with van der Waals surface area (Å²) in [7, 11) is 1.71. The molecule has 0 saturated carbocycles. The monoisotopic (exact) mass is 583 g/mol. The van der Waals surface area contributed by atoms with Crippen molar-refractivity contribution in [3.8, 4) is 11.1 Å². The van der Waals surface area contributed by atoms with Gasteiger partial charge in [0.2, 0.25) is 0 Å². The Labute approximate surface area is 251 Å². The van der Waals surface area contributed by atoms with Gasteiger partial charge in [-0.05, 0) is 28.7 Å². The maximum Gasteiger partial charge on any atom is 0.409 e. The van der Waals surface area contributed by atoms with Crippen molar-refractivity contribution < 1.29 is 33.3 Å². The second-order valence-electron chi connectivity index (χ2n) is 10.7. The van der Waals surface area contributed by atoms with Crippen LogP contribution in [0.15, 0.2) is 48.5 Å². The van der Waals surface area contributed by atoms with Gasteiger partial charge in [-0.3, -0.25) is 4.79 Å². The van der Waals surface area contributed by atoms with Crippen LogP contribution in [-0.2, 0) is 28.5 Å². The second kappa shape index (κ2) is 20.1. The normalized spacial score (nSPS) is 12.1. The first-order valence-corrected chi connectivity index (χ1v) is 15.6. The number of benzene rings is 2. The largest absolute Gasteiger partial charge is 0.463 e. The smallest absolute Gasteiger partial charge is 0.409 e. The molecule has 0 unspecified atom stereocenters. The summed E-state index contributed by atoms with van der Waals surface area (Å²) in [5.41, 5.74) is 4.81. The van der Waals surface area contributed by atoms with E-state index >= 15 is 0 Å². The number of fused-ring (bicyclic) bond motifs is 3. The molecule has 2 aromatic rings. The number of nitrogens with zero attached hydrogens (tertiary/aromatic N) is 1. The van der Waals surface area contributed by atoms with Gasteiger partial charge in [-0.2, -0.15) is 0 Å². The highest BCUT2D eigenvalue weighted by Crippen LogP contribution is 2.44. The number of hydrogen-bond donors (Lipinski definition) is 0. The van der Waals surface area contributed by atoms with Gasteiger partial charge in [-0.25, -0.2) is 4.79 Å². The van der Waals surface area contributed by atoms with E-state index in [0.29, 0.717) is 59.2 Å². The van der Waals surface area contributed by atoms with E-state index in [-0.39, 0.29) is 24.6 Å². The van der Waals surface area contributed by atoms with E-state index in [1.165, 1.54) is 59.3 Å². The number of carbonyl (C=O) groups is 2. The zero-order chi connectivity index (χ0) is 29.8. The maximum atomic E-state index is 12.6. The molecule has 2 aromatic carbocycles. The molecule has 0 atom stereocenters. The molecule has 1 amide bonds. The fourth-order valence-electron chi connectivity index (χ4n) is 5.05. The minimum atomic E-state index is -0.364. The average molecular weight is 584 g/mol. The van der Waals surface area contributed by atoms with Crippen molar-refractivity contribution in [3.63, 3.8) is 0 Å². The molecule has 0 fully saturated rings. The van der Waals surface area contributed by atoms with Crippen molar-refractivity contribution >= 4 is 12.1 Å². The molecule has 3 rings (SSSR count). The van der Waals surface area contributed by atoms with Gasteiger partial charge in [-0.1, -0.05) is 94.0 Å². The summed E-state index contributed by atoms with van der Waals surface area (Å²) in [5, 5.41) is 0. The molecule has 0 radical (unpaired) electrons. The summed E-state index contributed by atoms with van der Waals surface area (Å²) in [6, 6.07) is 16.6. The van der Waals surface area contributed by atoms with Crippen LogP contribution in [0.1, 0.15) is 75.3 Å². The lowest BCUT2D eigenvalue weighted by Crippen LogP contribution is -2.32. The topological polar surface area (TPSA) is 83.5 Å². The molecular weight excluding hydrogens is 534 g/mol. The van der Waals surface area contributed by atoms with Crippen LogP contribution in [0.4, 0.5) is 4.79 Å². The van der Waals surface area contributed by atoms with E-state index in [4.69, 9.17) is 23.7 Å². The van der Waals surface area contributed by atoms with E-state index in [2.05, 4.69) is 31.2 Å². The molecule has 1 aliphatic carbocycles.